The average molecular weight is 204 g/mol. The number of aliphatic hydroxyl groups excluding tert-OH is 1. The Bertz CT molecular complexity index is 153. The molecular formula is C9H20N2O3. The van der Waals surface area contributed by atoms with E-state index in [1.165, 1.54) is 0 Å². The summed E-state index contributed by atoms with van der Waals surface area (Å²) in [6, 6.07) is 0. The first-order chi connectivity index (χ1) is 6.70. The molecule has 0 aliphatic rings. The molecule has 5 nitrogen and oxygen atoms in total. The molecule has 0 aliphatic carbocycles. The molecule has 5 heteroatoms. The Hall–Kier alpha value is -0.650. The van der Waals surface area contributed by atoms with Gasteiger partial charge in [-0.2, -0.15) is 0 Å². The molecule has 0 aromatic rings. The van der Waals surface area contributed by atoms with E-state index in [0.29, 0.717) is 19.7 Å². The molecule has 0 aromatic carbocycles. The number of carbonyl (C=O) groups is 1. The molecule has 0 heterocycles. The van der Waals surface area contributed by atoms with Crippen molar-refractivity contribution < 1.29 is 14.6 Å². The van der Waals surface area contributed by atoms with Gasteiger partial charge in [0.25, 0.3) is 0 Å². The number of nitrogens with two attached hydrogens (primary N) is 1. The number of rotatable bonds is 8. The first-order valence-corrected chi connectivity index (χ1v) is 4.95. The molecule has 0 aromatic heterocycles. The highest BCUT2D eigenvalue weighted by Crippen LogP contribution is 1.93. The fourth-order valence-corrected chi connectivity index (χ4v) is 0.980. The van der Waals surface area contributed by atoms with Crippen molar-refractivity contribution >= 4 is 5.97 Å². The van der Waals surface area contributed by atoms with E-state index >= 15 is 0 Å². The molecule has 84 valence electrons. The van der Waals surface area contributed by atoms with Crippen LogP contribution in [0, 0.1) is 0 Å². The van der Waals surface area contributed by atoms with Crippen molar-refractivity contribution in [2.45, 2.75) is 25.9 Å². The number of hydrogen-bond acceptors (Lipinski definition) is 5. The first kappa shape index (κ1) is 13.4. The summed E-state index contributed by atoms with van der Waals surface area (Å²) in [7, 11) is 0. The largest absolute Gasteiger partial charge is 0.466 e. The summed E-state index contributed by atoms with van der Waals surface area (Å²) in [5.74, 6) is -0.361. The van der Waals surface area contributed by atoms with Crippen LogP contribution in [-0.4, -0.2) is 43.4 Å². The zero-order chi connectivity index (χ0) is 10.8. The zero-order valence-corrected chi connectivity index (χ0v) is 8.66. The van der Waals surface area contributed by atoms with Crippen LogP contribution in [0.1, 0.15) is 19.8 Å². The molecule has 14 heavy (non-hydrogen) atoms. The monoisotopic (exact) mass is 204 g/mol. The minimum Gasteiger partial charge on any atom is -0.466 e. The minimum atomic E-state index is -0.674. The summed E-state index contributed by atoms with van der Waals surface area (Å²) >= 11 is 0. The van der Waals surface area contributed by atoms with Crippen LogP contribution >= 0.6 is 0 Å². The second kappa shape index (κ2) is 8.93. The van der Waals surface area contributed by atoms with E-state index in [1.807, 2.05) is 0 Å². The summed E-state index contributed by atoms with van der Waals surface area (Å²) < 4.78 is 4.69. The Balaban J connectivity index is 3.35. The van der Waals surface area contributed by atoms with Gasteiger partial charge in [-0.05, 0) is 26.4 Å². The molecule has 0 radical (unpaired) electrons. The lowest BCUT2D eigenvalue weighted by atomic mass is 10.2. The molecule has 0 rings (SSSR count). The van der Waals surface area contributed by atoms with Crippen molar-refractivity contribution in [3.05, 3.63) is 0 Å². The number of aliphatic hydroxyl groups is 1. The minimum absolute atomic E-state index is 0.0451. The van der Waals surface area contributed by atoms with Crippen molar-refractivity contribution in [1.82, 2.24) is 5.32 Å². The Morgan fingerprint density at radius 1 is 1.64 bits per heavy atom. The molecule has 0 fully saturated rings. The molecule has 4 N–H and O–H groups in total. The van der Waals surface area contributed by atoms with Crippen LogP contribution in [0.4, 0.5) is 0 Å². The highest BCUT2D eigenvalue weighted by atomic mass is 16.5. The highest BCUT2D eigenvalue weighted by molar-refractivity contribution is 5.69. The second-order valence-corrected chi connectivity index (χ2v) is 3.01. The van der Waals surface area contributed by atoms with E-state index in [4.69, 9.17) is 10.5 Å². The Morgan fingerprint density at radius 2 is 2.36 bits per heavy atom. The molecule has 0 aliphatic heterocycles. The van der Waals surface area contributed by atoms with Gasteiger partial charge in [-0.3, -0.25) is 4.79 Å². The van der Waals surface area contributed by atoms with Gasteiger partial charge in [-0.25, -0.2) is 0 Å². The highest BCUT2D eigenvalue weighted by Gasteiger charge is 2.10. The maximum atomic E-state index is 10.9. The maximum absolute atomic E-state index is 10.9. The quantitative estimate of drug-likeness (QED) is 0.357. The molecule has 0 spiro atoms. The topological polar surface area (TPSA) is 84.6 Å². The van der Waals surface area contributed by atoms with Gasteiger partial charge in [0.1, 0.15) is 0 Å². The van der Waals surface area contributed by atoms with Crippen molar-refractivity contribution in [3.63, 3.8) is 0 Å². The summed E-state index contributed by atoms with van der Waals surface area (Å²) in [5.41, 5.74) is 5.29. The van der Waals surface area contributed by atoms with E-state index in [-0.39, 0.29) is 12.4 Å². The summed E-state index contributed by atoms with van der Waals surface area (Å²) in [5, 5.41) is 12.3. The smallest absolute Gasteiger partial charge is 0.308 e. The van der Waals surface area contributed by atoms with Crippen LogP contribution in [0.25, 0.3) is 0 Å². The first-order valence-electron chi connectivity index (χ1n) is 4.95. The van der Waals surface area contributed by atoms with Gasteiger partial charge in [0.2, 0.25) is 0 Å². The Kier molecular flexibility index (Phi) is 8.51. The van der Waals surface area contributed by atoms with Crippen LogP contribution in [0.2, 0.25) is 0 Å². The van der Waals surface area contributed by atoms with Crippen LogP contribution in [0.3, 0.4) is 0 Å². The molecule has 0 bridgehead atoms. The van der Waals surface area contributed by atoms with Crippen LogP contribution in [0.15, 0.2) is 0 Å². The SMILES string of the molecule is CCOC(=O)CC(O)CNCCCN. The van der Waals surface area contributed by atoms with Crippen LogP contribution < -0.4 is 11.1 Å². The molecule has 0 amide bonds. The van der Waals surface area contributed by atoms with Gasteiger partial charge in [0.05, 0.1) is 19.1 Å². The van der Waals surface area contributed by atoms with Gasteiger partial charge in [-0.15, -0.1) is 0 Å². The van der Waals surface area contributed by atoms with Crippen molar-refractivity contribution in [2.75, 3.05) is 26.2 Å². The maximum Gasteiger partial charge on any atom is 0.308 e. The molecule has 0 saturated carbocycles. The number of carbonyl (C=O) groups excluding carboxylic acids is 1. The number of ether oxygens (including phenoxy) is 1. The summed E-state index contributed by atoms with van der Waals surface area (Å²) in [6.45, 7) is 3.88. The van der Waals surface area contributed by atoms with E-state index in [0.717, 1.165) is 13.0 Å². The molecule has 1 unspecified atom stereocenters. The van der Waals surface area contributed by atoms with Crippen molar-refractivity contribution in [1.29, 1.82) is 0 Å². The van der Waals surface area contributed by atoms with Gasteiger partial charge in [0, 0.05) is 6.54 Å². The Morgan fingerprint density at radius 3 is 2.93 bits per heavy atom. The van der Waals surface area contributed by atoms with Gasteiger partial charge in [-0.1, -0.05) is 0 Å². The predicted molar refractivity (Wildman–Crippen MR) is 53.8 cm³/mol. The molecular weight excluding hydrogens is 184 g/mol. The number of hydrogen-bond donors (Lipinski definition) is 3. The molecule has 0 saturated heterocycles. The van der Waals surface area contributed by atoms with Crippen molar-refractivity contribution in [2.24, 2.45) is 5.73 Å². The van der Waals surface area contributed by atoms with Gasteiger partial charge in [0.15, 0.2) is 0 Å². The lowest BCUT2D eigenvalue weighted by Gasteiger charge is -2.10. The lowest BCUT2D eigenvalue weighted by molar-refractivity contribution is -0.145. The van der Waals surface area contributed by atoms with E-state index < -0.39 is 6.10 Å². The zero-order valence-electron chi connectivity index (χ0n) is 8.66. The van der Waals surface area contributed by atoms with Crippen LogP contribution in [0.5, 0.6) is 0 Å². The summed E-state index contributed by atoms with van der Waals surface area (Å²) in [4.78, 5) is 10.9. The third-order valence-corrected chi connectivity index (χ3v) is 1.65. The fraction of sp³-hybridized carbons (Fsp3) is 0.889. The third-order valence-electron chi connectivity index (χ3n) is 1.65. The van der Waals surface area contributed by atoms with Crippen molar-refractivity contribution in [3.8, 4) is 0 Å². The number of esters is 1. The number of nitrogens with one attached hydrogen (secondary N) is 1. The standard InChI is InChI=1S/C9H20N2O3/c1-2-14-9(13)6-8(12)7-11-5-3-4-10/h8,11-12H,2-7,10H2,1H3. The van der Waals surface area contributed by atoms with E-state index in [9.17, 15) is 9.90 Å². The molecule has 1 atom stereocenters. The van der Waals surface area contributed by atoms with Gasteiger partial charge >= 0.3 is 5.97 Å². The third kappa shape index (κ3) is 7.97. The normalized spacial score (nSPS) is 12.5. The lowest BCUT2D eigenvalue weighted by Crippen LogP contribution is -2.30. The van der Waals surface area contributed by atoms with Gasteiger partial charge < -0.3 is 20.9 Å². The fourth-order valence-electron chi connectivity index (χ4n) is 0.980. The van der Waals surface area contributed by atoms with E-state index in [1.54, 1.807) is 6.92 Å². The van der Waals surface area contributed by atoms with Crippen LogP contribution in [-0.2, 0) is 9.53 Å². The van der Waals surface area contributed by atoms with E-state index in [2.05, 4.69) is 5.32 Å². The average Bonchev–Trinajstić information content (AvgIpc) is 2.13. The Labute approximate surface area is 84.6 Å². The summed E-state index contributed by atoms with van der Waals surface area (Å²) in [6.07, 6.45) is 0.238. The second-order valence-electron chi connectivity index (χ2n) is 3.01. The predicted octanol–water partition coefficient (Wildman–Crippen LogP) is -0.761.